The Bertz CT molecular complexity index is 725. The van der Waals surface area contributed by atoms with Crippen molar-refractivity contribution in [2.75, 3.05) is 23.4 Å². The zero-order valence-corrected chi connectivity index (χ0v) is 12.8. The van der Waals surface area contributed by atoms with Crippen LogP contribution < -0.4 is 16.0 Å². The molecule has 8 heteroatoms. The second-order valence-electron chi connectivity index (χ2n) is 5.48. The van der Waals surface area contributed by atoms with Gasteiger partial charge in [0.25, 0.3) is 5.91 Å². The number of hydrogen-bond donors (Lipinski definition) is 2. The third-order valence-corrected chi connectivity index (χ3v) is 4.67. The predicted molar refractivity (Wildman–Crippen MR) is 78.5 cm³/mol. The van der Waals surface area contributed by atoms with Gasteiger partial charge in [-0.3, -0.25) is 14.9 Å². The molecule has 0 saturated carbocycles. The van der Waals surface area contributed by atoms with Gasteiger partial charge in [-0.25, -0.2) is 8.42 Å². The van der Waals surface area contributed by atoms with E-state index in [1.54, 1.807) is 19.9 Å². The van der Waals surface area contributed by atoms with Crippen molar-refractivity contribution in [3.63, 3.8) is 0 Å². The normalized spacial score (nSPS) is 18.5. The van der Waals surface area contributed by atoms with Crippen LogP contribution in [0, 0.1) is 0 Å². The first-order chi connectivity index (χ1) is 9.55. The molecule has 0 aliphatic carbocycles. The molecular formula is C13H17N3O4S. The predicted octanol–water partition coefficient (Wildman–Crippen LogP) is -0.0863. The lowest BCUT2D eigenvalue weighted by atomic mass is 9.97. The molecule has 0 bridgehead atoms. The molecule has 1 aliphatic heterocycles. The Kier molecular flexibility index (Phi) is 3.45. The Balaban J connectivity index is 2.61. The number of nitrogens with zero attached hydrogens (tertiary/aromatic N) is 1. The average Bonchev–Trinajstić information content (AvgIpc) is 2.33. The number of imide groups is 1. The van der Waals surface area contributed by atoms with Crippen LogP contribution in [0.3, 0.4) is 0 Å². The smallest absolute Gasteiger partial charge is 0.251 e. The van der Waals surface area contributed by atoms with E-state index in [4.69, 9.17) is 5.73 Å². The van der Waals surface area contributed by atoms with Crippen LogP contribution in [0.1, 0.15) is 13.8 Å². The molecule has 1 heterocycles. The summed E-state index contributed by atoms with van der Waals surface area (Å²) in [5.41, 5.74) is 5.32. The standard InChI is InChI=1S/C13H17N3O4S/c1-13(2)12(18)15-10(17)7-16(13)8-5-4-6-9(11(8)14)21(3,19)20/h4-6H,7,14H2,1-3H3,(H,15,17,18). The molecule has 2 amide bonds. The average molecular weight is 311 g/mol. The van der Waals surface area contributed by atoms with Gasteiger partial charge in [-0.15, -0.1) is 0 Å². The summed E-state index contributed by atoms with van der Waals surface area (Å²) in [6.07, 6.45) is 1.06. The summed E-state index contributed by atoms with van der Waals surface area (Å²) in [7, 11) is -3.50. The van der Waals surface area contributed by atoms with E-state index in [2.05, 4.69) is 5.32 Å². The van der Waals surface area contributed by atoms with Crippen LogP contribution in [0.15, 0.2) is 23.1 Å². The number of para-hydroxylation sites is 1. The van der Waals surface area contributed by atoms with E-state index in [1.807, 2.05) is 0 Å². The number of nitrogen functional groups attached to an aromatic ring is 1. The molecule has 1 aromatic rings. The number of nitrogens with two attached hydrogens (primary N) is 1. The summed E-state index contributed by atoms with van der Waals surface area (Å²) in [5, 5.41) is 2.25. The van der Waals surface area contributed by atoms with E-state index in [0.29, 0.717) is 5.69 Å². The van der Waals surface area contributed by atoms with Crippen molar-refractivity contribution in [2.24, 2.45) is 0 Å². The highest BCUT2D eigenvalue weighted by molar-refractivity contribution is 7.90. The number of anilines is 2. The molecule has 1 saturated heterocycles. The summed E-state index contributed by atoms with van der Waals surface area (Å²) < 4.78 is 23.5. The van der Waals surface area contributed by atoms with Crippen molar-refractivity contribution < 1.29 is 18.0 Å². The number of carbonyl (C=O) groups excluding carboxylic acids is 2. The molecule has 3 N–H and O–H groups in total. The number of carbonyl (C=O) groups is 2. The number of benzene rings is 1. The lowest BCUT2D eigenvalue weighted by Crippen LogP contribution is -2.64. The molecular weight excluding hydrogens is 294 g/mol. The van der Waals surface area contributed by atoms with Gasteiger partial charge in [0.2, 0.25) is 5.91 Å². The molecule has 21 heavy (non-hydrogen) atoms. The maximum atomic E-state index is 12.0. The highest BCUT2D eigenvalue weighted by atomic mass is 32.2. The summed E-state index contributed by atoms with van der Waals surface area (Å²) in [6, 6.07) is 4.53. The maximum absolute atomic E-state index is 12.0. The Labute approximate surface area is 123 Å². The lowest BCUT2D eigenvalue weighted by molar-refractivity contribution is -0.135. The number of rotatable bonds is 2. The number of nitrogens with one attached hydrogen (secondary N) is 1. The topological polar surface area (TPSA) is 110 Å². The molecule has 114 valence electrons. The highest BCUT2D eigenvalue weighted by Crippen LogP contribution is 2.34. The SMILES string of the molecule is CC1(C)C(=O)NC(=O)CN1c1cccc(S(C)(=O)=O)c1N. The molecule has 0 aromatic heterocycles. The summed E-state index contributed by atoms with van der Waals surface area (Å²) in [6.45, 7) is 3.21. The first-order valence-corrected chi connectivity index (χ1v) is 8.15. The zero-order valence-electron chi connectivity index (χ0n) is 12.0. The van der Waals surface area contributed by atoms with Gasteiger partial charge in [0.05, 0.1) is 22.8 Å². The minimum atomic E-state index is -3.50. The number of piperazine rings is 1. The van der Waals surface area contributed by atoms with Crippen molar-refractivity contribution in [1.29, 1.82) is 0 Å². The summed E-state index contributed by atoms with van der Waals surface area (Å²) >= 11 is 0. The third-order valence-electron chi connectivity index (χ3n) is 3.52. The highest BCUT2D eigenvalue weighted by Gasteiger charge is 2.42. The Hall–Kier alpha value is -2.09. The molecule has 0 unspecified atom stereocenters. The van der Waals surface area contributed by atoms with Crippen LogP contribution in [0.2, 0.25) is 0 Å². The quantitative estimate of drug-likeness (QED) is 0.584. The van der Waals surface area contributed by atoms with Gasteiger partial charge in [0.15, 0.2) is 9.84 Å². The summed E-state index contributed by atoms with van der Waals surface area (Å²) in [4.78, 5) is 25.1. The molecule has 1 fully saturated rings. The number of sulfone groups is 1. The molecule has 0 atom stereocenters. The van der Waals surface area contributed by atoms with Gasteiger partial charge < -0.3 is 10.6 Å². The molecule has 7 nitrogen and oxygen atoms in total. The van der Waals surface area contributed by atoms with Gasteiger partial charge in [-0.05, 0) is 26.0 Å². The Morgan fingerprint density at radius 3 is 2.48 bits per heavy atom. The van der Waals surface area contributed by atoms with Crippen molar-refractivity contribution in [3.8, 4) is 0 Å². The Morgan fingerprint density at radius 1 is 1.29 bits per heavy atom. The lowest BCUT2D eigenvalue weighted by Gasteiger charge is -2.42. The third kappa shape index (κ3) is 2.58. The van der Waals surface area contributed by atoms with E-state index < -0.39 is 27.2 Å². The summed E-state index contributed by atoms with van der Waals surface area (Å²) in [5.74, 6) is -0.911. The van der Waals surface area contributed by atoms with Crippen molar-refractivity contribution in [1.82, 2.24) is 5.32 Å². The maximum Gasteiger partial charge on any atom is 0.251 e. The van der Waals surface area contributed by atoms with Crippen molar-refractivity contribution in [3.05, 3.63) is 18.2 Å². The van der Waals surface area contributed by atoms with E-state index in [9.17, 15) is 18.0 Å². The van der Waals surface area contributed by atoms with Crippen LogP contribution in [0.4, 0.5) is 11.4 Å². The zero-order chi connectivity index (χ0) is 16.0. The van der Waals surface area contributed by atoms with Crippen LogP contribution in [0.5, 0.6) is 0 Å². The molecule has 2 rings (SSSR count). The molecule has 0 spiro atoms. The largest absolute Gasteiger partial charge is 0.396 e. The Morgan fingerprint density at radius 2 is 1.90 bits per heavy atom. The first-order valence-electron chi connectivity index (χ1n) is 6.25. The molecule has 1 aromatic carbocycles. The van der Waals surface area contributed by atoms with Crippen LogP contribution >= 0.6 is 0 Å². The van der Waals surface area contributed by atoms with E-state index in [-0.39, 0.29) is 17.1 Å². The van der Waals surface area contributed by atoms with E-state index >= 15 is 0 Å². The van der Waals surface area contributed by atoms with Crippen molar-refractivity contribution >= 4 is 33.0 Å². The van der Waals surface area contributed by atoms with Crippen LogP contribution in [-0.4, -0.2) is 38.6 Å². The molecule has 1 aliphatic rings. The van der Waals surface area contributed by atoms with Crippen LogP contribution in [0.25, 0.3) is 0 Å². The fourth-order valence-electron chi connectivity index (χ4n) is 2.26. The van der Waals surface area contributed by atoms with Gasteiger partial charge in [0, 0.05) is 6.26 Å². The van der Waals surface area contributed by atoms with Gasteiger partial charge >= 0.3 is 0 Å². The fraction of sp³-hybridized carbons (Fsp3) is 0.385. The second kappa shape index (κ2) is 4.73. The minimum absolute atomic E-state index is 0.0192. The van der Waals surface area contributed by atoms with Gasteiger partial charge in [-0.2, -0.15) is 0 Å². The van der Waals surface area contributed by atoms with Crippen LogP contribution in [-0.2, 0) is 19.4 Å². The number of amides is 2. The van der Waals surface area contributed by atoms with Gasteiger partial charge in [0.1, 0.15) is 5.54 Å². The fourth-order valence-corrected chi connectivity index (χ4v) is 3.09. The van der Waals surface area contributed by atoms with E-state index in [1.165, 1.54) is 17.0 Å². The van der Waals surface area contributed by atoms with Crippen molar-refractivity contribution in [2.45, 2.75) is 24.3 Å². The monoisotopic (exact) mass is 311 g/mol. The second-order valence-corrected chi connectivity index (χ2v) is 7.47. The van der Waals surface area contributed by atoms with E-state index in [0.717, 1.165) is 6.26 Å². The first kappa shape index (κ1) is 15.3. The number of hydrogen-bond acceptors (Lipinski definition) is 6. The minimum Gasteiger partial charge on any atom is -0.396 e. The molecule has 0 radical (unpaired) electrons. The van der Waals surface area contributed by atoms with Gasteiger partial charge in [-0.1, -0.05) is 6.07 Å².